The third-order valence-corrected chi connectivity index (χ3v) is 6.56. The van der Waals surface area contributed by atoms with Crippen LogP contribution < -0.4 is 4.90 Å². The van der Waals surface area contributed by atoms with Gasteiger partial charge in [0.15, 0.2) is 0 Å². The molecular formula is C17H18ClFN2O2S. The number of rotatable bonds is 3. The molecule has 1 aliphatic heterocycles. The fourth-order valence-corrected chi connectivity index (χ4v) is 4.78. The van der Waals surface area contributed by atoms with Crippen molar-refractivity contribution < 1.29 is 12.8 Å². The van der Waals surface area contributed by atoms with Crippen LogP contribution in [0.1, 0.15) is 5.56 Å². The highest BCUT2D eigenvalue weighted by Gasteiger charge is 2.30. The van der Waals surface area contributed by atoms with Crippen molar-refractivity contribution in [3.63, 3.8) is 0 Å². The molecule has 1 heterocycles. The van der Waals surface area contributed by atoms with Crippen LogP contribution in [0.5, 0.6) is 0 Å². The zero-order valence-electron chi connectivity index (χ0n) is 13.2. The van der Waals surface area contributed by atoms with E-state index in [-0.39, 0.29) is 4.90 Å². The zero-order valence-corrected chi connectivity index (χ0v) is 14.8. The lowest BCUT2D eigenvalue weighted by Gasteiger charge is -2.36. The summed E-state index contributed by atoms with van der Waals surface area (Å²) in [6.07, 6.45) is 0. The number of hydrogen-bond donors (Lipinski definition) is 0. The van der Waals surface area contributed by atoms with E-state index in [1.165, 1.54) is 16.4 Å². The van der Waals surface area contributed by atoms with Crippen LogP contribution in [-0.2, 0) is 10.0 Å². The predicted octanol–water partition coefficient (Wildman–Crippen LogP) is 3.30. The van der Waals surface area contributed by atoms with E-state index in [2.05, 4.69) is 4.90 Å². The normalized spacial score (nSPS) is 16.4. The first-order chi connectivity index (χ1) is 11.4. The van der Waals surface area contributed by atoms with Crippen molar-refractivity contribution in [2.24, 2.45) is 0 Å². The summed E-state index contributed by atoms with van der Waals surface area (Å²) in [5.41, 5.74) is 1.45. The molecule has 0 aromatic heterocycles. The number of benzene rings is 2. The number of anilines is 1. The maximum Gasteiger partial charge on any atom is 0.243 e. The highest BCUT2D eigenvalue weighted by Crippen LogP contribution is 2.28. The Bertz CT molecular complexity index is 849. The quantitative estimate of drug-likeness (QED) is 0.834. The molecule has 1 fully saturated rings. The Balaban J connectivity index is 1.79. The van der Waals surface area contributed by atoms with Crippen LogP contribution in [0.25, 0.3) is 0 Å². The number of nitrogens with zero attached hydrogens (tertiary/aromatic N) is 2. The smallest absolute Gasteiger partial charge is 0.243 e. The SMILES string of the molecule is Cc1ccc(F)cc1S(=O)(=O)N1CCN(c2ccccc2Cl)CC1. The van der Waals surface area contributed by atoms with Crippen molar-refractivity contribution in [3.8, 4) is 0 Å². The summed E-state index contributed by atoms with van der Waals surface area (Å²) in [5.74, 6) is -0.547. The highest BCUT2D eigenvalue weighted by molar-refractivity contribution is 7.89. The summed E-state index contributed by atoms with van der Waals surface area (Å²) in [4.78, 5) is 2.10. The van der Waals surface area contributed by atoms with Gasteiger partial charge >= 0.3 is 0 Å². The van der Waals surface area contributed by atoms with Gasteiger partial charge in [0.1, 0.15) is 5.82 Å². The molecule has 24 heavy (non-hydrogen) atoms. The van der Waals surface area contributed by atoms with E-state index in [4.69, 9.17) is 11.6 Å². The van der Waals surface area contributed by atoms with Crippen LogP contribution >= 0.6 is 11.6 Å². The number of hydrogen-bond acceptors (Lipinski definition) is 3. The van der Waals surface area contributed by atoms with Crippen molar-refractivity contribution >= 4 is 27.3 Å². The van der Waals surface area contributed by atoms with E-state index in [9.17, 15) is 12.8 Å². The lowest BCUT2D eigenvalue weighted by atomic mass is 10.2. The van der Waals surface area contributed by atoms with E-state index in [0.717, 1.165) is 11.8 Å². The summed E-state index contributed by atoms with van der Waals surface area (Å²) in [5, 5.41) is 0.648. The zero-order chi connectivity index (χ0) is 17.3. The molecule has 0 aliphatic carbocycles. The molecule has 0 bridgehead atoms. The highest BCUT2D eigenvalue weighted by atomic mass is 35.5. The topological polar surface area (TPSA) is 40.6 Å². The van der Waals surface area contributed by atoms with Crippen LogP contribution in [0.2, 0.25) is 5.02 Å². The minimum Gasteiger partial charge on any atom is -0.368 e. The third-order valence-electron chi connectivity index (χ3n) is 4.20. The molecule has 0 atom stereocenters. The number of sulfonamides is 1. The number of halogens is 2. The van der Waals surface area contributed by atoms with Gasteiger partial charge in [-0.05, 0) is 36.8 Å². The van der Waals surface area contributed by atoms with Gasteiger partial charge in [-0.25, -0.2) is 12.8 Å². The van der Waals surface area contributed by atoms with Crippen LogP contribution in [0.4, 0.5) is 10.1 Å². The first-order valence-electron chi connectivity index (χ1n) is 7.65. The molecule has 0 unspecified atom stereocenters. The molecule has 128 valence electrons. The summed E-state index contributed by atoms with van der Waals surface area (Å²) in [6, 6.07) is 11.3. The Morgan fingerprint density at radius 2 is 1.71 bits per heavy atom. The van der Waals surface area contributed by atoms with Crippen LogP contribution in [-0.4, -0.2) is 38.9 Å². The number of aryl methyl sites for hydroxylation is 1. The molecule has 4 nitrogen and oxygen atoms in total. The number of piperazine rings is 1. The maximum absolute atomic E-state index is 13.5. The minimum absolute atomic E-state index is 0.0358. The third kappa shape index (κ3) is 3.27. The van der Waals surface area contributed by atoms with Crippen molar-refractivity contribution in [1.82, 2.24) is 4.31 Å². The van der Waals surface area contributed by atoms with Crippen molar-refractivity contribution in [3.05, 3.63) is 58.9 Å². The Labute approximate surface area is 146 Å². The maximum atomic E-state index is 13.5. The molecule has 1 aliphatic rings. The molecule has 0 radical (unpaired) electrons. The Kier molecular flexibility index (Phi) is 4.80. The first kappa shape index (κ1) is 17.2. The van der Waals surface area contributed by atoms with Crippen molar-refractivity contribution in [1.29, 1.82) is 0 Å². The standard InChI is InChI=1S/C17H18ClFN2O2S/c1-13-6-7-14(19)12-17(13)24(22,23)21-10-8-20(9-11-21)16-5-3-2-4-15(16)18/h2-7,12H,8-11H2,1H3. The molecule has 0 saturated carbocycles. The largest absolute Gasteiger partial charge is 0.368 e. The molecule has 2 aromatic rings. The van der Waals surface area contributed by atoms with Gasteiger partial charge in [0.2, 0.25) is 10.0 Å². The monoisotopic (exact) mass is 368 g/mol. The average Bonchev–Trinajstić information content (AvgIpc) is 2.57. The molecule has 1 saturated heterocycles. The molecule has 0 N–H and O–H groups in total. The van der Waals surface area contributed by atoms with Gasteiger partial charge in [-0.2, -0.15) is 4.31 Å². The lowest BCUT2D eigenvalue weighted by molar-refractivity contribution is 0.384. The van der Waals surface area contributed by atoms with Gasteiger partial charge in [0, 0.05) is 26.2 Å². The van der Waals surface area contributed by atoms with Crippen LogP contribution in [0.15, 0.2) is 47.4 Å². The lowest BCUT2D eigenvalue weighted by Crippen LogP contribution is -2.48. The van der Waals surface area contributed by atoms with Crippen molar-refractivity contribution in [2.45, 2.75) is 11.8 Å². The van der Waals surface area contributed by atoms with E-state index in [1.54, 1.807) is 6.92 Å². The summed E-state index contributed by atoms with van der Waals surface area (Å²) < 4.78 is 40.4. The predicted molar refractivity (Wildman–Crippen MR) is 93.6 cm³/mol. The molecule has 0 amide bonds. The second-order valence-corrected chi connectivity index (χ2v) is 8.07. The molecule has 0 spiro atoms. The summed E-state index contributed by atoms with van der Waals surface area (Å²) in [6.45, 7) is 3.42. The van der Waals surface area contributed by atoms with Gasteiger partial charge < -0.3 is 4.90 Å². The fourth-order valence-electron chi connectivity index (χ4n) is 2.87. The summed E-state index contributed by atoms with van der Waals surface area (Å²) in [7, 11) is -3.70. The molecule has 2 aromatic carbocycles. The fraction of sp³-hybridized carbons (Fsp3) is 0.294. The Hall–Kier alpha value is -1.63. The molecule has 3 rings (SSSR count). The Morgan fingerprint density at radius 3 is 2.38 bits per heavy atom. The molecular weight excluding hydrogens is 351 g/mol. The van der Waals surface area contributed by atoms with Gasteiger partial charge in [0.05, 0.1) is 15.6 Å². The average molecular weight is 369 g/mol. The van der Waals surface area contributed by atoms with Crippen LogP contribution in [0, 0.1) is 12.7 Å². The second-order valence-electron chi connectivity index (χ2n) is 5.75. The van der Waals surface area contributed by atoms with Crippen LogP contribution in [0.3, 0.4) is 0 Å². The number of para-hydroxylation sites is 1. The van der Waals surface area contributed by atoms with E-state index >= 15 is 0 Å². The second kappa shape index (κ2) is 6.70. The van der Waals surface area contributed by atoms with Gasteiger partial charge in [-0.3, -0.25) is 0 Å². The van der Waals surface area contributed by atoms with Gasteiger partial charge in [0.25, 0.3) is 0 Å². The first-order valence-corrected chi connectivity index (χ1v) is 9.47. The van der Waals surface area contributed by atoms with Gasteiger partial charge in [-0.15, -0.1) is 0 Å². The molecule has 7 heteroatoms. The van der Waals surface area contributed by atoms with E-state index in [0.29, 0.717) is 36.8 Å². The minimum atomic E-state index is -3.70. The van der Waals surface area contributed by atoms with E-state index < -0.39 is 15.8 Å². The summed E-state index contributed by atoms with van der Waals surface area (Å²) >= 11 is 6.20. The Morgan fingerprint density at radius 1 is 1.04 bits per heavy atom. The van der Waals surface area contributed by atoms with E-state index in [1.807, 2.05) is 24.3 Å². The van der Waals surface area contributed by atoms with Gasteiger partial charge in [-0.1, -0.05) is 29.8 Å². The van der Waals surface area contributed by atoms with Crippen molar-refractivity contribution in [2.75, 3.05) is 31.1 Å².